The van der Waals surface area contributed by atoms with E-state index in [0.717, 1.165) is 6.54 Å². The predicted octanol–water partition coefficient (Wildman–Crippen LogP) is 0.696. The van der Waals surface area contributed by atoms with Crippen LogP contribution in [0.1, 0.15) is 33.6 Å². The molecular weight excluding hydrogens is 220 g/mol. The zero-order valence-electron chi connectivity index (χ0n) is 10.8. The van der Waals surface area contributed by atoms with E-state index in [2.05, 4.69) is 17.1 Å². The van der Waals surface area contributed by atoms with Crippen molar-refractivity contribution in [3.8, 4) is 0 Å². The average molecular weight is 242 g/mol. The van der Waals surface area contributed by atoms with Crippen LogP contribution >= 0.6 is 0 Å². The van der Waals surface area contributed by atoms with Crippen molar-refractivity contribution in [1.82, 2.24) is 10.2 Å². The van der Waals surface area contributed by atoms with Crippen molar-refractivity contribution >= 4 is 11.9 Å². The van der Waals surface area contributed by atoms with Gasteiger partial charge in [-0.05, 0) is 26.2 Å². The van der Waals surface area contributed by atoms with Crippen LogP contribution in [-0.4, -0.2) is 47.1 Å². The molecule has 1 heterocycles. The highest BCUT2D eigenvalue weighted by molar-refractivity contribution is 5.82. The van der Waals surface area contributed by atoms with Gasteiger partial charge in [-0.3, -0.25) is 14.5 Å². The van der Waals surface area contributed by atoms with Gasteiger partial charge < -0.3 is 10.4 Å². The lowest BCUT2D eigenvalue weighted by atomic mass is 10.1. The highest BCUT2D eigenvalue weighted by Gasteiger charge is 2.31. The van der Waals surface area contributed by atoms with E-state index in [0.29, 0.717) is 18.9 Å². The van der Waals surface area contributed by atoms with Gasteiger partial charge in [0.05, 0.1) is 6.04 Å². The third-order valence-electron chi connectivity index (χ3n) is 3.15. The smallest absolute Gasteiger partial charge is 0.303 e. The second-order valence-electron chi connectivity index (χ2n) is 5.09. The van der Waals surface area contributed by atoms with Crippen molar-refractivity contribution in [3.63, 3.8) is 0 Å². The van der Waals surface area contributed by atoms with Crippen LogP contribution < -0.4 is 5.32 Å². The number of nitrogens with one attached hydrogen (secondary N) is 1. The molecule has 1 aliphatic heterocycles. The maximum Gasteiger partial charge on any atom is 0.303 e. The van der Waals surface area contributed by atoms with Crippen LogP contribution in [0.2, 0.25) is 0 Å². The van der Waals surface area contributed by atoms with Gasteiger partial charge in [0.2, 0.25) is 5.91 Å². The molecule has 1 saturated heterocycles. The summed E-state index contributed by atoms with van der Waals surface area (Å²) in [5, 5.41) is 11.6. The summed E-state index contributed by atoms with van der Waals surface area (Å²) in [6.07, 6.45) is 0.418. The quantitative estimate of drug-likeness (QED) is 0.761. The number of aliphatic carboxylic acids is 1. The van der Waals surface area contributed by atoms with Gasteiger partial charge >= 0.3 is 5.97 Å². The standard InChI is InChI=1S/C12H22N2O3/c1-8(2)14-7-9(3)6-13-12(17)10(14)4-5-11(15)16/h8-10H,4-7H2,1-3H3,(H,13,17)(H,15,16). The second-order valence-corrected chi connectivity index (χ2v) is 5.09. The Hall–Kier alpha value is -1.10. The van der Waals surface area contributed by atoms with E-state index >= 15 is 0 Å². The molecule has 2 N–H and O–H groups in total. The Morgan fingerprint density at radius 1 is 1.59 bits per heavy atom. The molecule has 0 spiro atoms. The monoisotopic (exact) mass is 242 g/mol. The first kappa shape index (κ1) is 14.0. The molecule has 0 aromatic carbocycles. The van der Waals surface area contributed by atoms with Crippen molar-refractivity contribution < 1.29 is 14.7 Å². The molecule has 1 rings (SSSR count). The summed E-state index contributed by atoms with van der Waals surface area (Å²) in [5.41, 5.74) is 0. The molecule has 98 valence electrons. The van der Waals surface area contributed by atoms with Crippen LogP contribution in [0.15, 0.2) is 0 Å². The normalized spacial score (nSPS) is 26.7. The van der Waals surface area contributed by atoms with Gasteiger partial charge in [-0.25, -0.2) is 0 Å². The van der Waals surface area contributed by atoms with E-state index < -0.39 is 5.97 Å². The van der Waals surface area contributed by atoms with Crippen molar-refractivity contribution in [3.05, 3.63) is 0 Å². The Balaban J connectivity index is 2.76. The summed E-state index contributed by atoms with van der Waals surface area (Å²) in [6.45, 7) is 7.68. The first-order chi connectivity index (χ1) is 7.91. The molecule has 1 aliphatic rings. The molecular formula is C12H22N2O3. The third kappa shape index (κ3) is 4.00. The van der Waals surface area contributed by atoms with Crippen LogP contribution in [-0.2, 0) is 9.59 Å². The molecule has 17 heavy (non-hydrogen) atoms. The lowest BCUT2D eigenvalue weighted by molar-refractivity contribution is -0.137. The Kier molecular flexibility index (Phi) is 4.93. The predicted molar refractivity (Wildman–Crippen MR) is 64.7 cm³/mol. The number of carbonyl (C=O) groups is 2. The Labute approximate surface area is 102 Å². The number of carboxylic acids is 1. The maximum absolute atomic E-state index is 11.9. The van der Waals surface area contributed by atoms with Gasteiger partial charge in [-0.2, -0.15) is 0 Å². The van der Waals surface area contributed by atoms with Gasteiger partial charge in [0, 0.05) is 25.6 Å². The van der Waals surface area contributed by atoms with Gasteiger partial charge in [0.1, 0.15) is 0 Å². The Morgan fingerprint density at radius 3 is 2.76 bits per heavy atom. The lowest BCUT2D eigenvalue weighted by Crippen LogP contribution is -2.47. The van der Waals surface area contributed by atoms with Crippen molar-refractivity contribution in [2.24, 2.45) is 5.92 Å². The van der Waals surface area contributed by atoms with Crippen molar-refractivity contribution in [2.45, 2.75) is 45.7 Å². The SMILES string of the molecule is CC1CNC(=O)C(CCC(=O)O)N(C(C)C)C1. The van der Waals surface area contributed by atoms with E-state index in [4.69, 9.17) is 5.11 Å². The number of carbonyl (C=O) groups excluding carboxylic acids is 1. The largest absolute Gasteiger partial charge is 0.481 e. The fourth-order valence-corrected chi connectivity index (χ4v) is 2.22. The van der Waals surface area contributed by atoms with Crippen LogP contribution in [0, 0.1) is 5.92 Å². The average Bonchev–Trinajstić information content (AvgIpc) is 2.36. The summed E-state index contributed by atoms with van der Waals surface area (Å²) in [4.78, 5) is 24.7. The molecule has 1 amide bonds. The van der Waals surface area contributed by atoms with Gasteiger partial charge in [-0.15, -0.1) is 0 Å². The highest BCUT2D eigenvalue weighted by Crippen LogP contribution is 2.17. The first-order valence-corrected chi connectivity index (χ1v) is 6.17. The first-order valence-electron chi connectivity index (χ1n) is 6.17. The summed E-state index contributed by atoms with van der Waals surface area (Å²) >= 11 is 0. The van der Waals surface area contributed by atoms with Crippen molar-refractivity contribution in [2.75, 3.05) is 13.1 Å². The molecule has 0 aliphatic carbocycles. The van der Waals surface area contributed by atoms with E-state index in [9.17, 15) is 9.59 Å². The van der Waals surface area contributed by atoms with Crippen LogP contribution in [0.5, 0.6) is 0 Å². The van der Waals surface area contributed by atoms with Gasteiger partial charge in [0.25, 0.3) is 0 Å². The third-order valence-corrected chi connectivity index (χ3v) is 3.15. The van der Waals surface area contributed by atoms with E-state index in [-0.39, 0.29) is 24.4 Å². The molecule has 2 unspecified atom stereocenters. The second kappa shape index (κ2) is 6.00. The molecule has 5 nitrogen and oxygen atoms in total. The minimum Gasteiger partial charge on any atom is -0.481 e. The molecule has 1 fully saturated rings. The van der Waals surface area contributed by atoms with E-state index in [1.54, 1.807) is 0 Å². The van der Waals surface area contributed by atoms with Gasteiger partial charge in [-0.1, -0.05) is 6.92 Å². The van der Waals surface area contributed by atoms with Crippen LogP contribution in [0.3, 0.4) is 0 Å². The highest BCUT2D eigenvalue weighted by atomic mass is 16.4. The number of amides is 1. The fraction of sp³-hybridized carbons (Fsp3) is 0.833. The maximum atomic E-state index is 11.9. The Bertz CT molecular complexity index is 291. The zero-order valence-corrected chi connectivity index (χ0v) is 10.8. The van der Waals surface area contributed by atoms with Crippen LogP contribution in [0.4, 0.5) is 0 Å². The molecule has 0 bridgehead atoms. The summed E-state index contributed by atoms with van der Waals surface area (Å²) in [6, 6.07) is -0.0591. The molecule has 2 atom stereocenters. The summed E-state index contributed by atoms with van der Waals surface area (Å²) in [5.74, 6) is -0.487. The van der Waals surface area contributed by atoms with Crippen molar-refractivity contribution in [1.29, 1.82) is 0 Å². The number of nitrogens with zero attached hydrogens (tertiary/aromatic N) is 1. The number of rotatable bonds is 4. The molecule has 0 saturated carbocycles. The molecule has 5 heteroatoms. The number of hydrogen-bond donors (Lipinski definition) is 2. The van der Waals surface area contributed by atoms with E-state index in [1.165, 1.54) is 0 Å². The molecule has 0 radical (unpaired) electrons. The van der Waals surface area contributed by atoms with Gasteiger partial charge in [0.15, 0.2) is 0 Å². The zero-order chi connectivity index (χ0) is 13.0. The molecule has 0 aromatic rings. The number of carboxylic acid groups (broad SMARTS) is 1. The lowest BCUT2D eigenvalue weighted by Gasteiger charge is -2.32. The minimum absolute atomic E-state index is 0.0374. The summed E-state index contributed by atoms with van der Waals surface area (Å²) < 4.78 is 0. The fourth-order valence-electron chi connectivity index (χ4n) is 2.22. The Morgan fingerprint density at radius 2 is 2.24 bits per heavy atom. The summed E-state index contributed by atoms with van der Waals surface area (Å²) in [7, 11) is 0. The number of hydrogen-bond acceptors (Lipinski definition) is 3. The molecule has 0 aromatic heterocycles. The topological polar surface area (TPSA) is 69.6 Å². The van der Waals surface area contributed by atoms with E-state index in [1.807, 2.05) is 13.8 Å². The van der Waals surface area contributed by atoms with Crippen LogP contribution in [0.25, 0.3) is 0 Å². The minimum atomic E-state index is -0.848.